The van der Waals surface area contributed by atoms with E-state index in [4.69, 9.17) is 9.47 Å². The third-order valence-electron chi connectivity index (χ3n) is 11.3. The highest BCUT2D eigenvalue weighted by Crippen LogP contribution is 2.72. The predicted octanol–water partition coefficient (Wildman–Crippen LogP) is 7.11. The van der Waals surface area contributed by atoms with Crippen LogP contribution in [0.3, 0.4) is 0 Å². The summed E-state index contributed by atoms with van der Waals surface area (Å²) in [6, 6.07) is 0. The second kappa shape index (κ2) is 7.97. The number of hydrogen-bond donors (Lipinski definition) is 0. The minimum absolute atomic E-state index is 0.0288. The van der Waals surface area contributed by atoms with E-state index in [1.807, 2.05) is 0 Å². The van der Waals surface area contributed by atoms with Gasteiger partial charge in [-0.15, -0.1) is 0 Å². The Hall–Kier alpha value is -1.09. The summed E-state index contributed by atoms with van der Waals surface area (Å²) in [4.78, 5) is 11.6. The second-order valence-electron chi connectivity index (χ2n) is 13.2. The Bertz CT molecular complexity index is 857. The third-order valence-corrected chi connectivity index (χ3v) is 11.3. The number of epoxide rings is 1. The van der Waals surface area contributed by atoms with Gasteiger partial charge in [-0.05, 0) is 79.4 Å². The lowest BCUT2D eigenvalue weighted by molar-refractivity contribution is -0.152. The van der Waals surface area contributed by atoms with Crippen LogP contribution in [-0.2, 0) is 14.3 Å². The average Bonchev–Trinajstić information content (AvgIpc) is 3.32. The summed E-state index contributed by atoms with van der Waals surface area (Å²) in [7, 11) is 0. The monoisotopic (exact) mass is 454 g/mol. The van der Waals surface area contributed by atoms with Gasteiger partial charge in [0.15, 0.2) is 0 Å². The van der Waals surface area contributed by atoms with Crippen molar-refractivity contribution in [1.82, 2.24) is 0 Å². The number of allylic oxidation sites excluding steroid dienone is 3. The van der Waals surface area contributed by atoms with Gasteiger partial charge < -0.3 is 9.47 Å². The van der Waals surface area contributed by atoms with Crippen LogP contribution in [0, 0.1) is 46.3 Å². The molecule has 3 nitrogen and oxygen atoms in total. The van der Waals surface area contributed by atoms with Crippen LogP contribution in [0.1, 0.15) is 93.4 Å². The third kappa shape index (κ3) is 3.50. The summed E-state index contributed by atoms with van der Waals surface area (Å²) in [6.45, 7) is 16.1. The molecular weight excluding hydrogens is 408 g/mol. The molecule has 4 aliphatic carbocycles. The summed E-state index contributed by atoms with van der Waals surface area (Å²) in [6.07, 6.45) is 16.1. The van der Waals surface area contributed by atoms with Gasteiger partial charge in [0.1, 0.15) is 17.8 Å². The quantitative estimate of drug-likeness (QED) is 0.252. The lowest BCUT2D eigenvalue weighted by Gasteiger charge is -2.56. The molecule has 0 radical (unpaired) electrons. The van der Waals surface area contributed by atoms with Crippen molar-refractivity contribution in [1.29, 1.82) is 0 Å². The van der Waals surface area contributed by atoms with E-state index >= 15 is 0 Å². The van der Waals surface area contributed by atoms with Crippen molar-refractivity contribution in [2.75, 3.05) is 0 Å². The van der Waals surface area contributed by atoms with E-state index in [-0.39, 0.29) is 29.2 Å². The van der Waals surface area contributed by atoms with Gasteiger partial charge in [0.25, 0.3) is 0 Å². The number of carbonyl (C=O) groups is 1. The standard InChI is InChI=1S/C30H46O3/c1-18(2)19(3)8-9-20(4)24-10-11-25-23-16-27-30(33-27)17-22(32-21(5)31)12-15-29(30,7)26(23)13-14-28(24,25)6/h8-9,16,18-20,22,24-27H,10-15,17H2,1-7H3/b9-8+/t19-,20+,22?,24?,25?,26?,27?,28?,29-,30?/m0/s1. The molecule has 1 heterocycles. The number of carbonyl (C=O) groups excluding carboxylic acids is 1. The summed E-state index contributed by atoms with van der Waals surface area (Å²) in [5.41, 5.74) is 2.25. The van der Waals surface area contributed by atoms with Gasteiger partial charge >= 0.3 is 5.97 Å². The van der Waals surface area contributed by atoms with Crippen LogP contribution >= 0.6 is 0 Å². The van der Waals surface area contributed by atoms with Gasteiger partial charge in [-0.25, -0.2) is 0 Å². The molecule has 184 valence electrons. The first-order chi connectivity index (χ1) is 15.5. The molecule has 33 heavy (non-hydrogen) atoms. The van der Waals surface area contributed by atoms with Crippen molar-refractivity contribution < 1.29 is 14.3 Å². The van der Waals surface area contributed by atoms with Crippen molar-refractivity contribution in [3.63, 3.8) is 0 Å². The summed E-state index contributed by atoms with van der Waals surface area (Å²) in [5.74, 6) is 3.98. The number of esters is 1. The number of fused-ring (bicyclic) bond motifs is 4. The topological polar surface area (TPSA) is 38.8 Å². The van der Waals surface area contributed by atoms with Crippen molar-refractivity contribution in [2.45, 2.75) is 111 Å². The minimum atomic E-state index is -0.152. The molecule has 0 bridgehead atoms. The Morgan fingerprint density at radius 1 is 1.06 bits per heavy atom. The highest BCUT2D eigenvalue weighted by molar-refractivity contribution is 5.66. The van der Waals surface area contributed by atoms with Crippen LogP contribution < -0.4 is 0 Å². The maximum atomic E-state index is 11.6. The lowest BCUT2D eigenvalue weighted by Crippen LogP contribution is -2.55. The lowest BCUT2D eigenvalue weighted by atomic mass is 9.47. The molecule has 0 N–H and O–H groups in total. The van der Waals surface area contributed by atoms with Gasteiger partial charge in [-0.2, -0.15) is 0 Å². The van der Waals surface area contributed by atoms with Crippen LogP contribution in [0.2, 0.25) is 0 Å². The van der Waals surface area contributed by atoms with Crippen molar-refractivity contribution in [3.8, 4) is 0 Å². The fraction of sp³-hybridized carbons (Fsp3) is 0.833. The van der Waals surface area contributed by atoms with Gasteiger partial charge in [0.05, 0.1) is 0 Å². The molecule has 1 spiro atoms. The van der Waals surface area contributed by atoms with E-state index in [2.05, 4.69) is 59.8 Å². The van der Waals surface area contributed by atoms with Gasteiger partial charge in [0.2, 0.25) is 0 Å². The van der Waals surface area contributed by atoms with Gasteiger partial charge in [0, 0.05) is 18.8 Å². The van der Waals surface area contributed by atoms with E-state index in [0.29, 0.717) is 35.0 Å². The molecule has 3 saturated carbocycles. The first-order valence-corrected chi connectivity index (χ1v) is 13.8. The van der Waals surface area contributed by atoms with Gasteiger partial charge in [-0.3, -0.25) is 4.79 Å². The Morgan fingerprint density at radius 2 is 1.82 bits per heavy atom. The highest BCUT2D eigenvalue weighted by atomic mass is 16.6. The maximum Gasteiger partial charge on any atom is 0.302 e. The van der Waals surface area contributed by atoms with Crippen molar-refractivity contribution >= 4 is 5.97 Å². The number of ether oxygens (including phenoxy) is 2. The average molecular weight is 455 g/mol. The van der Waals surface area contributed by atoms with E-state index in [9.17, 15) is 4.79 Å². The summed E-state index contributed by atoms with van der Waals surface area (Å²) in [5, 5.41) is 0. The van der Waals surface area contributed by atoms with Crippen molar-refractivity contribution in [3.05, 3.63) is 23.8 Å². The van der Waals surface area contributed by atoms with Crippen LogP contribution in [-0.4, -0.2) is 23.8 Å². The fourth-order valence-corrected chi connectivity index (χ4v) is 8.84. The molecule has 4 fully saturated rings. The fourth-order valence-electron chi connectivity index (χ4n) is 8.84. The zero-order valence-corrected chi connectivity index (χ0v) is 22.0. The van der Waals surface area contributed by atoms with E-state index in [1.165, 1.54) is 32.6 Å². The molecule has 0 aromatic rings. The van der Waals surface area contributed by atoms with Crippen LogP contribution in [0.25, 0.3) is 0 Å². The van der Waals surface area contributed by atoms with E-state index < -0.39 is 0 Å². The number of hydrogen-bond acceptors (Lipinski definition) is 3. The zero-order valence-electron chi connectivity index (χ0n) is 22.0. The van der Waals surface area contributed by atoms with Crippen LogP contribution in [0.5, 0.6) is 0 Å². The Kier molecular flexibility index (Phi) is 5.71. The molecule has 3 heteroatoms. The molecule has 0 amide bonds. The molecule has 7 unspecified atom stereocenters. The molecule has 1 aliphatic heterocycles. The van der Waals surface area contributed by atoms with Crippen LogP contribution in [0.4, 0.5) is 0 Å². The molecule has 5 aliphatic rings. The Morgan fingerprint density at radius 3 is 2.52 bits per heavy atom. The smallest absolute Gasteiger partial charge is 0.302 e. The molecule has 5 rings (SSSR count). The van der Waals surface area contributed by atoms with Crippen molar-refractivity contribution in [2.24, 2.45) is 46.3 Å². The minimum Gasteiger partial charge on any atom is -0.462 e. The molecule has 0 aromatic carbocycles. The molecule has 10 atom stereocenters. The summed E-state index contributed by atoms with van der Waals surface area (Å²) < 4.78 is 12.2. The van der Waals surface area contributed by atoms with Crippen LogP contribution in [0.15, 0.2) is 23.8 Å². The maximum absolute atomic E-state index is 11.6. The Balaban J connectivity index is 1.37. The molecule has 0 aromatic heterocycles. The first-order valence-electron chi connectivity index (χ1n) is 13.8. The zero-order chi connectivity index (χ0) is 23.8. The predicted molar refractivity (Wildman–Crippen MR) is 133 cm³/mol. The van der Waals surface area contributed by atoms with Gasteiger partial charge in [-0.1, -0.05) is 65.3 Å². The second-order valence-corrected chi connectivity index (χ2v) is 13.2. The largest absolute Gasteiger partial charge is 0.462 e. The van der Waals surface area contributed by atoms with E-state index in [1.54, 1.807) is 5.57 Å². The highest BCUT2D eigenvalue weighted by Gasteiger charge is 2.74. The molecule has 1 saturated heterocycles. The number of rotatable bonds is 5. The SMILES string of the molecule is CC(=O)OC1CC[C@@]2(C)C3CCC4(C)C(CCC4[C@H](C)/C=C/[C@H](C)C(C)C)C3=CC3OC32C1. The Labute approximate surface area is 201 Å². The molecular formula is C30H46O3. The first kappa shape index (κ1) is 23.6. The van der Waals surface area contributed by atoms with E-state index in [0.717, 1.165) is 25.2 Å². The normalized spacial score (nSPS) is 47.8. The summed E-state index contributed by atoms with van der Waals surface area (Å²) >= 11 is 0.